The molecule has 1 aromatic rings. The largest absolute Gasteiger partial charge is 0.573 e. The fraction of sp³-hybridized carbons (Fsp3) is 0.364. The molecule has 0 atom stereocenters. The van der Waals surface area contributed by atoms with Crippen molar-refractivity contribution < 1.29 is 27.4 Å². The van der Waals surface area contributed by atoms with E-state index >= 15 is 0 Å². The second-order valence-electron chi connectivity index (χ2n) is 3.24. The number of carbonyl (C=O) groups is 1. The molecule has 0 N–H and O–H groups in total. The third kappa shape index (κ3) is 5.24. The lowest BCUT2D eigenvalue weighted by Gasteiger charge is -2.09. The van der Waals surface area contributed by atoms with Crippen molar-refractivity contribution in [2.24, 2.45) is 0 Å². The molecule has 0 aromatic heterocycles. The van der Waals surface area contributed by atoms with Gasteiger partial charge in [-0.2, -0.15) is 0 Å². The van der Waals surface area contributed by atoms with Gasteiger partial charge in [0.1, 0.15) is 11.5 Å². The zero-order valence-electron chi connectivity index (χ0n) is 9.08. The van der Waals surface area contributed by atoms with E-state index in [-0.39, 0.29) is 17.9 Å². The standard InChI is InChI=1S/C11H11F3O3/c1-2-3-10(15)16-8-4-6-9(7-5-8)17-11(12,13)14/h4-7H,2-3H2,1H3. The quantitative estimate of drug-likeness (QED) is 0.605. The van der Waals surface area contributed by atoms with Crippen LogP contribution in [0, 0.1) is 0 Å². The summed E-state index contributed by atoms with van der Waals surface area (Å²) in [5.41, 5.74) is 0. The molecule has 1 rings (SSSR count). The van der Waals surface area contributed by atoms with Gasteiger partial charge in [0.2, 0.25) is 0 Å². The third-order valence-electron chi connectivity index (χ3n) is 1.74. The molecular formula is C11H11F3O3. The molecule has 17 heavy (non-hydrogen) atoms. The molecule has 0 saturated heterocycles. The van der Waals surface area contributed by atoms with Gasteiger partial charge in [0.05, 0.1) is 0 Å². The smallest absolute Gasteiger partial charge is 0.427 e. The van der Waals surface area contributed by atoms with Crippen molar-refractivity contribution in [3.63, 3.8) is 0 Å². The van der Waals surface area contributed by atoms with Crippen LogP contribution in [0.15, 0.2) is 24.3 Å². The van der Waals surface area contributed by atoms with E-state index in [0.717, 1.165) is 12.1 Å². The lowest BCUT2D eigenvalue weighted by Crippen LogP contribution is -2.17. The average Bonchev–Trinajstić information content (AvgIpc) is 2.19. The summed E-state index contributed by atoms with van der Waals surface area (Å²) in [4.78, 5) is 11.1. The highest BCUT2D eigenvalue weighted by molar-refractivity contribution is 5.72. The minimum Gasteiger partial charge on any atom is -0.427 e. The molecule has 0 aliphatic heterocycles. The summed E-state index contributed by atoms with van der Waals surface area (Å²) in [5.74, 6) is -0.581. The molecular weight excluding hydrogens is 237 g/mol. The van der Waals surface area contributed by atoms with E-state index < -0.39 is 12.3 Å². The molecule has 0 saturated carbocycles. The van der Waals surface area contributed by atoms with Crippen LogP contribution in [0.4, 0.5) is 13.2 Å². The number of hydrogen-bond acceptors (Lipinski definition) is 3. The maximum Gasteiger partial charge on any atom is 0.573 e. The van der Waals surface area contributed by atoms with E-state index in [1.54, 1.807) is 0 Å². The number of hydrogen-bond donors (Lipinski definition) is 0. The molecule has 3 nitrogen and oxygen atoms in total. The monoisotopic (exact) mass is 248 g/mol. The topological polar surface area (TPSA) is 35.5 Å². The van der Waals surface area contributed by atoms with E-state index in [1.807, 2.05) is 6.92 Å². The predicted molar refractivity (Wildman–Crippen MR) is 53.7 cm³/mol. The molecule has 1 aromatic carbocycles. The van der Waals surface area contributed by atoms with Gasteiger partial charge >= 0.3 is 12.3 Å². The van der Waals surface area contributed by atoms with Crippen LogP contribution in [0.1, 0.15) is 19.8 Å². The lowest BCUT2D eigenvalue weighted by molar-refractivity contribution is -0.274. The highest BCUT2D eigenvalue weighted by atomic mass is 19.4. The molecule has 0 heterocycles. The van der Waals surface area contributed by atoms with Crippen LogP contribution in [0.25, 0.3) is 0 Å². The fourth-order valence-electron chi connectivity index (χ4n) is 1.10. The minimum atomic E-state index is -4.72. The average molecular weight is 248 g/mol. The number of ether oxygens (including phenoxy) is 2. The summed E-state index contributed by atoms with van der Waals surface area (Å²) in [6.07, 6.45) is -3.81. The summed E-state index contributed by atoms with van der Waals surface area (Å²) in [5, 5.41) is 0. The zero-order valence-corrected chi connectivity index (χ0v) is 9.08. The van der Waals surface area contributed by atoms with E-state index in [4.69, 9.17) is 4.74 Å². The summed E-state index contributed by atoms with van der Waals surface area (Å²) < 4.78 is 44.1. The Morgan fingerprint density at radius 1 is 1.18 bits per heavy atom. The Bertz CT molecular complexity index is 371. The van der Waals surface area contributed by atoms with Crippen LogP contribution < -0.4 is 9.47 Å². The number of rotatable bonds is 4. The third-order valence-corrected chi connectivity index (χ3v) is 1.74. The van der Waals surface area contributed by atoms with Gasteiger partial charge in [-0.15, -0.1) is 13.2 Å². The second-order valence-corrected chi connectivity index (χ2v) is 3.24. The van der Waals surface area contributed by atoms with Gasteiger partial charge in [0, 0.05) is 6.42 Å². The van der Waals surface area contributed by atoms with Crippen LogP contribution in [-0.2, 0) is 4.79 Å². The molecule has 0 spiro atoms. The molecule has 0 aliphatic rings. The van der Waals surface area contributed by atoms with E-state index in [9.17, 15) is 18.0 Å². The number of halogens is 3. The van der Waals surface area contributed by atoms with Crippen molar-refractivity contribution in [3.8, 4) is 11.5 Å². The number of esters is 1. The maximum absolute atomic E-state index is 11.8. The molecule has 0 aliphatic carbocycles. The van der Waals surface area contributed by atoms with E-state index in [2.05, 4.69) is 4.74 Å². The highest BCUT2D eigenvalue weighted by Gasteiger charge is 2.30. The fourth-order valence-corrected chi connectivity index (χ4v) is 1.10. The molecule has 0 fully saturated rings. The Hall–Kier alpha value is -1.72. The Balaban J connectivity index is 2.59. The lowest BCUT2D eigenvalue weighted by atomic mass is 10.3. The second kappa shape index (κ2) is 5.56. The van der Waals surface area contributed by atoms with Gasteiger partial charge in [0.15, 0.2) is 0 Å². The van der Waals surface area contributed by atoms with E-state index in [1.165, 1.54) is 12.1 Å². The van der Waals surface area contributed by atoms with Gasteiger partial charge < -0.3 is 9.47 Å². The molecule has 0 amide bonds. The zero-order chi connectivity index (χ0) is 12.9. The summed E-state index contributed by atoms with van der Waals surface area (Å²) in [6.45, 7) is 1.82. The van der Waals surface area contributed by atoms with Crippen molar-refractivity contribution in [2.75, 3.05) is 0 Å². The van der Waals surface area contributed by atoms with Gasteiger partial charge in [-0.1, -0.05) is 6.92 Å². The maximum atomic E-state index is 11.8. The Morgan fingerprint density at radius 3 is 2.18 bits per heavy atom. The van der Waals surface area contributed by atoms with Crippen LogP contribution in [-0.4, -0.2) is 12.3 Å². The predicted octanol–water partition coefficient (Wildman–Crippen LogP) is 3.29. The molecule has 0 unspecified atom stereocenters. The van der Waals surface area contributed by atoms with Crippen LogP contribution in [0.5, 0.6) is 11.5 Å². The Kier molecular flexibility index (Phi) is 4.37. The van der Waals surface area contributed by atoms with Crippen molar-refractivity contribution in [1.82, 2.24) is 0 Å². The molecule has 6 heteroatoms. The first-order valence-corrected chi connectivity index (χ1v) is 4.97. The van der Waals surface area contributed by atoms with Crippen LogP contribution in [0.2, 0.25) is 0 Å². The number of benzene rings is 1. The highest BCUT2D eigenvalue weighted by Crippen LogP contribution is 2.24. The Morgan fingerprint density at radius 2 is 1.71 bits per heavy atom. The SMILES string of the molecule is CCCC(=O)Oc1ccc(OC(F)(F)F)cc1. The van der Waals surface area contributed by atoms with Crippen molar-refractivity contribution in [1.29, 1.82) is 0 Å². The van der Waals surface area contributed by atoms with E-state index in [0.29, 0.717) is 6.42 Å². The molecule has 0 radical (unpaired) electrons. The molecule has 94 valence electrons. The van der Waals surface area contributed by atoms with Crippen molar-refractivity contribution in [2.45, 2.75) is 26.1 Å². The first-order chi connectivity index (χ1) is 7.90. The van der Waals surface area contributed by atoms with Crippen LogP contribution >= 0.6 is 0 Å². The molecule has 0 bridgehead atoms. The Labute approximate surface area is 96.1 Å². The summed E-state index contributed by atoms with van der Waals surface area (Å²) in [6, 6.07) is 4.66. The number of alkyl halides is 3. The van der Waals surface area contributed by atoms with Crippen LogP contribution in [0.3, 0.4) is 0 Å². The summed E-state index contributed by atoms with van der Waals surface area (Å²) >= 11 is 0. The van der Waals surface area contributed by atoms with Gasteiger partial charge in [-0.25, -0.2) is 0 Å². The van der Waals surface area contributed by atoms with Gasteiger partial charge in [0.25, 0.3) is 0 Å². The normalized spacial score (nSPS) is 11.1. The first-order valence-electron chi connectivity index (χ1n) is 4.97. The van der Waals surface area contributed by atoms with Crippen molar-refractivity contribution in [3.05, 3.63) is 24.3 Å². The van der Waals surface area contributed by atoms with Gasteiger partial charge in [-0.05, 0) is 30.7 Å². The first kappa shape index (κ1) is 13.3. The van der Waals surface area contributed by atoms with Gasteiger partial charge in [-0.3, -0.25) is 4.79 Å². The minimum absolute atomic E-state index is 0.193. The summed E-state index contributed by atoms with van der Waals surface area (Å²) in [7, 11) is 0. The van der Waals surface area contributed by atoms with Crippen molar-refractivity contribution >= 4 is 5.97 Å². The number of carbonyl (C=O) groups excluding carboxylic acids is 1.